The summed E-state index contributed by atoms with van der Waals surface area (Å²) in [6.07, 6.45) is 0. The van der Waals surface area contributed by atoms with Gasteiger partial charge in [-0.15, -0.1) is 0 Å². The second kappa shape index (κ2) is 18.2. The number of hydrogen-bond acceptors (Lipinski definition) is 2. The van der Waals surface area contributed by atoms with Gasteiger partial charge in [-0.3, -0.25) is 0 Å². The Balaban J connectivity index is 0.921. The van der Waals surface area contributed by atoms with Crippen molar-refractivity contribution in [1.82, 2.24) is 4.57 Å². The van der Waals surface area contributed by atoms with Crippen LogP contribution >= 0.6 is 0 Å². The van der Waals surface area contributed by atoms with E-state index in [0.29, 0.717) is 11.8 Å². The van der Waals surface area contributed by atoms with Crippen molar-refractivity contribution in [3.63, 3.8) is 0 Å². The molecule has 0 fully saturated rings. The molecule has 3 heterocycles. The van der Waals surface area contributed by atoms with Gasteiger partial charge in [-0.2, -0.15) is 0 Å². The molecule has 0 saturated carbocycles. The standard InChI is InChI=1S/C78H65N3/c1-48(2)50-26-30-52(31-27-50)54-34-40-73-68(42-54)77(5,6)67-23-15-17-25-72(67)80(73)57-36-38-61-62-39-37-58(45-65(62)60-21-13-12-20-59(60)64(61)44-57)81-74-41-35-55(53-32-28-51(29-33-53)49(3)4)43-69(74)78(7,8)70-46-66-63-22-14-16-24-71(63)79(75(66)47-76(70)81)56-18-10-9-11-19-56/h9-49H,1-8H3. The molecule has 3 nitrogen and oxygen atoms in total. The van der Waals surface area contributed by atoms with Crippen molar-refractivity contribution in [1.29, 1.82) is 0 Å². The normalized spacial score (nSPS) is 14.3. The molecule has 3 heteroatoms. The minimum absolute atomic E-state index is 0.215. The molecule has 0 aliphatic carbocycles. The number of fused-ring (bicyclic) bond motifs is 13. The summed E-state index contributed by atoms with van der Waals surface area (Å²) in [5, 5.41) is 9.97. The van der Waals surface area contributed by atoms with Crippen molar-refractivity contribution in [3.8, 4) is 27.9 Å². The number of rotatable bonds is 7. The van der Waals surface area contributed by atoms with E-state index in [1.807, 2.05) is 0 Å². The van der Waals surface area contributed by atoms with Crippen LogP contribution in [-0.4, -0.2) is 4.57 Å². The molecule has 0 amide bonds. The maximum atomic E-state index is 2.56. The van der Waals surface area contributed by atoms with Crippen LogP contribution < -0.4 is 9.80 Å². The van der Waals surface area contributed by atoms with E-state index in [1.165, 1.54) is 133 Å². The number of aromatic nitrogens is 1. The number of para-hydroxylation sites is 3. The van der Waals surface area contributed by atoms with Crippen LogP contribution in [0.15, 0.2) is 237 Å². The molecular formula is C78H65N3. The van der Waals surface area contributed by atoms with E-state index >= 15 is 0 Å². The van der Waals surface area contributed by atoms with Gasteiger partial charge in [-0.05, 0) is 185 Å². The summed E-state index contributed by atoms with van der Waals surface area (Å²) < 4.78 is 2.45. The Labute approximate surface area is 476 Å². The van der Waals surface area contributed by atoms with E-state index in [9.17, 15) is 0 Å². The first-order chi connectivity index (χ1) is 39.3. The summed E-state index contributed by atoms with van der Waals surface area (Å²) in [5.74, 6) is 0.967. The molecule has 0 atom stereocenters. The van der Waals surface area contributed by atoms with Crippen LogP contribution in [0.4, 0.5) is 34.1 Å². The van der Waals surface area contributed by atoms with Crippen LogP contribution in [0.1, 0.15) is 101 Å². The fourth-order valence-electron chi connectivity index (χ4n) is 14.0. The zero-order valence-electron chi connectivity index (χ0n) is 47.5. The summed E-state index contributed by atoms with van der Waals surface area (Å²) in [6, 6.07) is 89.9. The zero-order chi connectivity index (χ0) is 55.1. The molecule has 12 aromatic carbocycles. The van der Waals surface area contributed by atoms with Gasteiger partial charge >= 0.3 is 0 Å². The van der Waals surface area contributed by atoms with Gasteiger partial charge in [0.15, 0.2) is 0 Å². The molecular weight excluding hydrogens is 979 g/mol. The van der Waals surface area contributed by atoms with Crippen molar-refractivity contribution >= 4 is 88.2 Å². The lowest BCUT2D eigenvalue weighted by Gasteiger charge is -2.42. The average molecular weight is 1040 g/mol. The Morgan fingerprint density at radius 2 is 0.704 bits per heavy atom. The van der Waals surface area contributed by atoms with Gasteiger partial charge in [0.25, 0.3) is 0 Å². The predicted octanol–water partition coefficient (Wildman–Crippen LogP) is 22.0. The van der Waals surface area contributed by atoms with Crippen molar-refractivity contribution in [2.24, 2.45) is 0 Å². The van der Waals surface area contributed by atoms with E-state index in [1.54, 1.807) is 0 Å². The lowest BCUT2D eigenvalue weighted by Crippen LogP contribution is -2.30. The number of hydrogen-bond donors (Lipinski definition) is 0. The zero-order valence-corrected chi connectivity index (χ0v) is 47.5. The molecule has 392 valence electrons. The third kappa shape index (κ3) is 7.48. The highest BCUT2D eigenvalue weighted by molar-refractivity contribution is 6.26. The minimum atomic E-state index is -0.330. The predicted molar refractivity (Wildman–Crippen MR) is 346 cm³/mol. The summed E-state index contributed by atoms with van der Waals surface area (Å²) in [5.41, 5.74) is 23.1. The van der Waals surface area contributed by atoms with Crippen LogP contribution in [0.3, 0.4) is 0 Å². The average Bonchev–Trinajstić information content (AvgIpc) is 3.87. The largest absolute Gasteiger partial charge is 0.310 e. The lowest BCUT2D eigenvalue weighted by molar-refractivity contribution is 0.632. The lowest BCUT2D eigenvalue weighted by atomic mass is 9.72. The van der Waals surface area contributed by atoms with Gasteiger partial charge in [0, 0.05) is 38.7 Å². The van der Waals surface area contributed by atoms with Gasteiger partial charge < -0.3 is 14.4 Å². The van der Waals surface area contributed by atoms with E-state index in [2.05, 4.69) is 306 Å². The topological polar surface area (TPSA) is 11.4 Å². The molecule has 81 heavy (non-hydrogen) atoms. The highest BCUT2D eigenvalue weighted by atomic mass is 15.2. The SMILES string of the molecule is CC(C)c1ccc(-c2ccc3c(c2)C(C)(C)c2ccccc2N3c2ccc3c4ccc(N5c6ccc(-c7ccc(C(C)C)cc7)cc6C(C)(C)c6cc7c8ccccc8n(-c8ccccc8)c7cc65)cc4c4ccccc4c3c2)cc1. The van der Waals surface area contributed by atoms with Crippen molar-refractivity contribution in [2.45, 2.75) is 78.1 Å². The first-order valence-corrected chi connectivity index (χ1v) is 29.0. The Hall–Kier alpha value is -9.18. The number of anilines is 6. The van der Waals surface area contributed by atoms with Gasteiger partial charge in [0.2, 0.25) is 0 Å². The maximum Gasteiger partial charge on any atom is 0.0562 e. The second-order valence-electron chi connectivity index (χ2n) is 24.5. The van der Waals surface area contributed by atoms with Crippen LogP contribution in [0.25, 0.3) is 82.1 Å². The van der Waals surface area contributed by atoms with Gasteiger partial charge in [0.1, 0.15) is 0 Å². The molecule has 2 aliphatic heterocycles. The highest BCUT2D eigenvalue weighted by Gasteiger charge is 2.40. The third-order valence-corrected chi connectivity index (χ3v) is 18.5. The van der Waals surface area contributed by atoms with Crippen LogP contribution in [0.5, 0.6) is 0 Å². The molecule has 0 N–H and O–H groups in total. The summed E-state index contributed by atoms with van der Waals surface area (Å²) >= 11 is 0. The fraction of sp³-hybridized carbons (Fsp3) is 0.154. The minimum Gasteiger partial charge on any atom is -0.310 e. The van der Waals surface area contributed by atoms with Crippen molar-refractivity contribution < 1.29 is 0 Å². The van der Waals surface area contributed by atoms with Gasteiger partial charge in [0.05, 0.1) is 33.8 Å². The third-order valence-electron chi connectivity index (χ3n) is 18.5. The molecule has 0 bridgehead atoms. The van der Waals surface area contributed by atoms with E-state index in [-0.39, 0.29) is 10.8 Å². The van der Waals surface area contributed by atoms with E-state index < -0.39 is 0 Å². The maximum absolute atomic E-state index is 2.56. The van der Waals surface area contributed by atoms with E-state index in [0.717, 1.165) is 17.1 Å². The molecule has 0 unspecified atom stereocenters. The van der Waals surface area contributed by atoms with Crippen LogP contribution in [0, 0.1) is 0 Å². The molecule has 1 aromatic heterocycles. The number of benzene rings is 12. The monoisotopic (exact) mass is 1040 g/mol. The molecule has 0 radical (unpaired) electrons. The molecule has 15 rings (SSSR count). The first kappa shape index (κ1) is 48.9. The Morgan fingerprint density at radius 1 is 0.272 bits per heavy atom. The fourth-order valence-corrected chi connectivity index (χ4v) is 14.0. The Kier molecular flexibility index (Phi) is 11.0. The van der Waals surface area contributed by atoms with Gasteiger partial charge in [-0.1, -0.05) is 207 Å². The summed E-state index contributed by atoms with van der Waals surface area (Å²) in [7, 11) is 0. The Morgan fingerprint density at radius 3 is 1.26 bits per heavy atom. The molecule has 13 aromatic rings. The number of nitrogens with zero attached hydrogens (tertiary/aromatic N) is 3. The smallest absolute Gasteiger partial charge is 0.0562 e. The quantitative estimate of drug-likeness (QED) is 0.147. The second-order valence-corrected chi connectivity index (χ2v) is 24.5. The van der Waals surface area contributed by atoms with Crippen molar-refractivity contribution in [2.75, 3.05) is 9.80 Å². The molecule has 0 spiro atoms. The molecule has 0 saturated heterocycles. The van der Waals surface area contributed by atoms with E-state index in [4.69, 9.17) is 0 Å². The van der Waals surface area contributed by atoms with Crippen LogP contribution in [0.2, 0.25) is 0 Å². The van der Waals surface area contributed by atoms with Crippen molar-refractivity contribution in [3.05, 3.63) is 270 Å². The van der Waals surface area contributed by atoms with Gasteiger partial charge in [-0.25, -0.2) is 0 Å². The Bertz CT molecular complexity index is 4670. The first-order valence-electron chi connectivity index (χ1n) is 29.0. The van der Waals surface area contributed by atoms with Crippen LogP contribution in [-0.2, 0) is 10.8 Å². The summed E-state index contributed by atoms with van der Waals surface area (Å²) in [6.45, 7) is 18.7. The highest BCUT2D eigenvalue weighted by Crippen LogP contribution is 2.57. The summed E-state index contributed by atoms with van der Waals surface area (Å²) in [4.78, 5) is 5.07. The molecule has 2 aliphatic rings.